The van der Waals surface area contributed by atoms with Crippen LogP contribution in [-0.4, -0.2) is 14.5 Å². The molecule has 0 saturated heterocycles. The van der Waals surface area contributed by atoms with E-state index >= 15 is 0 Å². The average Bonchev–Trinajstić information content (AvgIpc) is 3.07. The predicted octanol–water partition coefficient (Wildman–Crippen LogP) is 6.26. The van der Waals surface area contributed by atoms with E-state index in [0.29, 0.717) is 16.7 Å². The summed E-state index contributed by atoms with van der Waals surface area (Å²) >= 11 is 2.23. The third-order valence-corrected chi connectivity index (χ3v) is 6.13. The normalized spacial score (nSPS) is 11.7. The number of H-pyrrole nitrogens is 1. The molecule has 0 aliphatic carbocycles. The smallest absolute Gasteiger partial charge is 0.266 e. The highest BCUT2D eigenvalue weighted by Crippen LogP contribution is 2.24. The van der Waals surface area contributed by atoms with E-state index in [1.165, 1.54) is 0 Å². The summed E-state index contributed by atoms with van der Waals surface area (Å²) in [6.45, 7) is 4.08. The highest BCUT2D eigenvalue weighted by Gasteiger charge is 2.13. The van der Waals surface area contributed by atoms with Crippen LogP contribution in [0.25, 0.3) is 39.6 Å². The lowest BCUT2D eigenvalue weighted by atomic mass is 10.1. The maximum atomic E-state index is 13.5. The van der Waals surface area contributed by atoms with Crippen LogP contribution in [0.15, 0.2) is 71.5 Å². The summed E-state index contributed by atoms with van der Waals surface area (Å²) in [5.74, 6) is 0.606. The molecule has 0 spiro atoms. The Bertz CT molecular complexity index is 1540. The summed E-state index contributed by atoms with van der Waals surface area (Å²) in [5, 5.41) is 1.77. The van der Waals surface area contributed by atoms with Gasteiger partial charge in [-0.1, -0.05) is 30.3 Å². The molecule has 31 heavy (non-hydrogen) atoms. The van der Waals surface area contributed by atoms with Gasteiger partial charge in [-0.25, -0.2) is 4.98 Å². The molecule has 0 aliphatic rings. The van der Waals surface area contributed by atoms with Crippen LogP contribution in [0.5, 0.6) is 0 Å². The van der Waals surface area contributed by atoms with Gasteiger partial charge in [-0.05, 0) is 90.6 Å². The fraction of sp³-hybridized carbons (Fsp3) is 0.0769. The van der Waals surface area contributed by atoms with Crippen LogP contribution in [0.4, 0.5) is 0 Å². The fourth-order valence-corrected chi connectivity index (χ4v) is 4.47. The minimum Gasteiger partial charge on any atom is -0.358 e. The second-order valence-electron chi connectivity index (χ2n) is 7.65. The summed E-state index contributed by atoms with van der Waals surface area (Å²) < 4.78 is 2.71. The van der Waals surface area contributed by atoms with Gasteiger partial charge in [-0.2, -0.15) is 0 Å². The molecule has 5 aromatic rings. The molecule has 5 heteroatoms. The molecule has 0 amide bonds. The van der Waals surface area contributed by atoms with Gasteiger partial charge in [0, 0.05) is 25.7 Å². The Labute approximate surface area is 193 Å². The number of aryl methyl sites for hydroxylation is 2. The van der Waals surface area contributed by atoms with E-state index in [1.807, 2.05) is 73.7 Å². The van der Waals surface area contributed by atoms with Gasteiger partial charge in [0.15, 0.2) is 0 Å². The topological polar surface area (TPSA) is 50.7 Å². The number of fused-ring (bicyclic) bond motifs is 2. The molecule has 0 saturated carbocycles. The van der Waals surface area contributed by atoms with E-state index in [1.54, 1.807) is 4.57 Å². The fourth-order valence-electron chi connectivity index (χ4n) is 3.97. The zero-order valence-corrected chi connectivity index (χ0v) is 19.3. The van der Waals surface area contributed by atoms with Crippen LogP contribution < -0.4 is 5.56 Å². The van der Waals surface area contributed by atoms with Gasteiger partial charge in [0.2, 0.25) is 0 Å². The largest absolute Gasteiger partial charge is 0.358 e. The third kappa shape index (κ3) is 3.59. The number of hydrogen-bond acceptors (Lipinski definition) is 2. The molecule has 152 valence electrons. The summed E-state index contributed by atoms with van der Waals surface area (Å²) in [7, 11) is 0. The van der Waals surface area contributed by atoms with Gasteiger partial charge in [0.1, 0.15) is 5.82 Å². The maximum absolute atomic E-state index is 13.5. The highest BCUT2D eigenvalue weighted by atomic mass is 127. The average molecular weight is 517 g/mol. The molecule has 0 unspecified atom stereocenters. The number of nitrogens with zero attached hydrogens (tertiary/aromatic N) is 2. The van der Waals surface area contributed by atoms with Gasteiger partial charge >= 0.3 is 0 Å². The molecule has 0 atom stereocenters. The molecule has 0 radical (unpaired) electrons. The Balaban J connectivity index is 1.76. The molecule has 2 heterocycles. The molecule has 0 fully saturated rings. The first-order valence-electron chi connectivity index (χ1n) is 10.1. The summed E-state index contributed by atoms with van der Waals surface area (Å²) in [6.07, 6.45) is 3.98. The third-order valence-electron chi connectivity index (χ3n) is 5.46. The molecule has 2 aromatic heterocycles. The Morgan fingerprint density at radius 3 is 2.61 bits per heavy atom. The monoisotopic (exact) mass is 517 g/mol. The maximum Gasteiger partial charge on any atom is 0.266 e. The first kappa shape index (κ1) is 19.8. The second-order valence-corrected chi connectivity index (χ2v) is 8.90. The van der Waals surface area contributed by atoms with Crippen molar-refractivity contribution in [3.05, 3.63) is 103 Å². The van der Waals surface area contributed by atoms with Crippen molar-refractivity contribution in [2.45, 2.75) is 13.8 Å². The lowest BCUT2D eigenvalue weighted by Gasteiger charge is -2.12. The van der Waals surface area contributed by atoms with E-state index < -0.39 is 0 Å². The predicted molar refractivity (Wildman–Crippen MR) is 137 cm³/mol. The number of rotatable bonds is 3. The number of halogens is 1. The van der Waals surface area contributed by atoms with Crippen molar-refractivity contribution < 1.29 is 0 Å². The summed E-state index contributed by atoms with van der Waals surface area (Å²) in [6, 6.07) is 22.0. The van der Waals surface area contributed by atoms with Crippen molar-refractivity contribution in [3.8, 4) is 5.69 Å². The van der Waals surface area contributed by atoms with Gasteiger partial charge in [0.25, 0.3) is 5.56 Å². The van der Waals surface area contributed by atoms with E-state index in [-0.39, 0.29) is 5.56 Å². The van der Waals surface area contributed by atoms with Gasteiger partial charge < -0.3 is 4.98 Å². The number of aromatic amines is 1. The van der Waals surface area contributed by atoms with Crippen molar-refractivity contribution in [2.24, 2.45) is 0 Å². The number of para-hydroxylation sites is 1. The minimum absolute atomic E-state index is 0.0654. The highest BCUT2D eigenvalue weighted by molar-refractivity contribution is 14.1. The van der Waals surface area contributed by atoms with Crippen molar-refractivity contribution in [1.82, 2.24) is 14.5 Å². The number of aromatic nitrogens is 3. The Kier molecular flexibility index (Phi) is 4.98. The Morgan fingerprint density at radius 2 is 1.77 bits per heavy atom. The molecule has 5 rings (SSSR count). The van der Waals surface area contributed by atoms with E-state index in [4.69, 9.17) is 4.98 Å². The van der Waals surface area contributed by atoms with Gasteiger partial charge in [-0.15, -0.1) is 0 Å². The quantitative estimate of drug-likeness (QED) is 0.288. The zero-order valence-electron chi connectivity index (χ0n) is 17.2. The SMILES string of the molecule is Cc1cccc(-n2c(C=Cc3c(C)[nH]c4ccccc34)nc3ccc(I)cc3c2=O)c1. The zero-order chi connectivity index (χ0) is 21.5. The summed E-state index contributed by atoms with van der Waals surface area (Å²) in [4.78, 5) is 21.8. The second kappa shape index (κ2) is 7.81. The van der Waals surface area contributed by atoms with Crippen LogP contribution in [0.1, 0.15) is 22.6 Å². The van der Waals surface area contributed by atoms with Gasteiger partial charge in [0.05, 0.1) is 16.6 Å². The number of hydrogen-bond donors (Lipinski definition) is 1. The lowest BCUT2D eigenvalue weighted by molar-refractivity contribution is 0.942. The number of nitrogens with one attached hydrogen (secondary N) is 1. The first-order chi connectivity index (χ1) is 15.0. The van der Waals surface area contributed by atoms with Gasteiger partial charge in [-0.3, -0.25) is 9.36 Å². The molecule has 0 aliphatic heterocycles. The van der Waals surface area contributed by atoms with E-state index in [0.717, 1.165) is 37.0 Å². The molecular weight excluding hydrogens is 497 g/mol. The van der Waals surface area contributed by atoms with Crippen molar-refractivity contribution >= 4 is 56.5 Å². The molecule has 1 N–H and O–H groups in total. The van der Waals surface area contributed by atoms with Crippen molar-refractivity contribution in [1.29, 1.82) is 0 Å². The van der Waals surface area contributed by atoms with Crippen LogP contribution in [0.2, 0.25) is 0 Å². The Morgan fingerprint density at radius 1 is 0.935 bits per heavy atom. The van der Waals surface area contributed by atoms with Crippen LogP contribution in [-0.2, 0) is 0 Å². The molecule has 4 nitrogen and oxygen atoms in total. The minimum atomic E-state index is -0.0654. The molecular formula is C26H20IN3O. The molecule has 3 aromatic carbocycles. The van der Waals surface area contributed by atoms with Crippen molar-refractivity contribution in [3.63, 3.8) is 0 Å². The van der Waals surface area contributed by atoms with Crippen LogP contribution >= 0.6 is 22.6 Å². The van der Waals surface area contributed by atoms with Crippen LogP contribution in [0, 0.1) is 17.4 Å². The Hall–Kier alpha value is -3.19. The lowest BCUT2D eigenvalue weighted by Crippen LogP contribution is -2.22. The number of benzene rings is 3. The van der Waals surface area contributed by atoms with Crippen molar-refractivity contribution in [2.75, 3.05) is 0 Å². The van der Waals surface area contributed by atoms with Crippen LogP contribution in [0.3, 0.4) is 0 Å². The van der Waals surface area contributed by atoms with E-state index in [9.17, 15) is 4.79 Å². The molecule has 0 bridgehead atoms. The standard InChI is InChI=1S/C26H20IN3O/c1-16-6-5-7-19(14-16)30-25(29-24-12-10-18(27)15-22(24)26(30)31)13-11-20-17(2)28-23-9-4-3-8-21(20)23/h3-15,28H,1-2H3. The summed E-state index contributed by atoms with van der Waals surface area (Å²) in [5.41, 5.74) is 5.81. The van der Waals surface area contributed by atoms with E-state index in [2.05, 4.69) is 46.6 Å². The first-order valence-corrected chi connectivity index (χ1v) is 11.1.